The number of hydrogen-bond donors (Lipinski definition) is 6. The topological polar surface area (TPSA) is 295 Å². The van der Waals surface area contributed by atoms with E-state index < -0.39 is 85.4 Å². The van der Waals surface area contributed by atoms with Gasteiger partial charge in [0.15, 0.2) is 18.3 Å². The first-order valence-corrected chi connectivity index (χ1v) is 10.4. The number of carbonyl (C=O) groups excluding carboxylic acids is 4. The molecule has 0 aromatic heterocycles. The lowest BCUT2D eigenvalue weighted by atomic mass is 10.0. The third-order valence-corrected chi connectivity index (χ3v) is 3.87. The third-order valence-electron chi connectivity index (χ3n) is 3.87. The Hall–Kier alpha value is -5.36. The molecule has 6 N–H and O–H groups in total. The van der Waals surface area contributed by atoms with Crippen molar-refractivity contribution in [3.05, 3.63) is 48.6 Å². The summed E-state index contributed by atoms with van der Waals surface area (Å²) in [5.41, 5.74) is 0. The monoisotopic (exact) mass is 574 g/mol. The van der Waals surface area contributed by atoms with Gasteiger partial charge in [0.1, 0.15) is 12.7 Å². The Bertz CT molecular complexity index is 1100. The zero-order valence-corrected chi connectivity index (χ0v) is 19.9. The predicted octanol–water partition coefficient (Wildman–Crippen LogP) is -2.82. The Balaban J connectivity index is 6.62. The van der Waals surface area contributed by atoms with Crippen molar-refractivity contribution in [2.24, 2.45) is 0 Å². The fraction of sp³-hybridized carbons (Fsp3) is 0.273. The maximum atomic E-state index is 12.2. The molecule has 0 bridgehead atoms. The van der Waals surface area contributed by atoms with E-state index in [0.717, 1.165) is 0 Å². The Morgan fingerprint density at radius 3 is 1.25 bits per heavy atom. The first kappa shape index (κ1) is 34.6. The second kappa shape index (κ2) is 18.0. The van der Waals surface area contributed by atoms with Crippen LogP contribution in [0.3, 0.4) is 0 Å². The summed E-state index contributed by atoms with van der Waals surface area (Å²) in [6.45, 7) is -2.40. The Kier molecular flexibility index (Phi) is 15.6. The van der Waals surface area contributed by atoms with Gasteiger partial charge in [-0.1, -0.05) is 0 Å². The van der Waals surface area contributed by atoms with Gasteiger partial charge in [0.2, 0.25) is 0 Å². The number of aliphatic hydroxyl groups excluding tert-OH is 2. The molecule has 40 heavy (non-hydrogen) atoms. The summed E-state index contributed by atoms with van der Waals surface area (Å²) in [6, 6.07) is 0. The van der Waals surface area contributed by atoms with Gasteiger partial charge in [-0.3, -0.25) is 0 Å². The quantitative estimate of drug-likeness (QED) is 0.0579. The van der Waals surface area contributed by atoms with Crippen LogP contribution >= 0.6 is 0 Å². The summed E-state index contributed by atoms with van der Waals surface area (Å²) in [4.78, 5) is 91.0. The van der Waals surface area contributed by atoms with Crippen molar-refractivity contribution in [2.45, 2.75) is 24.4 Å². The molecule has 0 saturated carbocycles. The molecule has 0 unspecified atom stereocenters. The van der Waals surface area contributed by atoms with Gasteiger partial charge >= 0.3 is 47.8 Å². The van der Waals surface area contributed by atoms with Gasteiger partial charge in [0.25, 0.3) is 0 Å². The zero-order valence-electron chi connectivity index (χ0n) is 19.9. The van der Waals surface area contributed by atoms with Crippen molar-refractivity contribution in [3.8, 4) is 0 Å². The molecule has 0 spiro atoms. The van der Waals surface area contributed by atoms with E-state index in [1.165, 1.54) is 0 Å². The normalized spacial score (nSPS) is 14.3. The molecular weight excluding hydrogens is 552 g/mol. The van der Waals surface area contributed by atoms with Crippen molar-refractivity contribution in [1.82, 2.24) is 0 Å². The highest BCUT2D eigenvalue weighted by atomic mass is 16.6. The van der Waals surface area contributed by atoms with E-state index in [1.54, 1.807) is 0 Å². The van der Waals surface area contributed by atoms with Crippen LogP contribution < -0.4 is 0 Å². The number of carbonyl (C=O) groups is 8. The van der Waals surface area contributed by atoms with E-state index in [4.69, 9.17) is 39.4 Å². The number of aliphatic hydroxyl groups is 2. The lowest BCUT2D eigenvalue weighted by molar-refractivity contribution is -0.196. The number of esters is 4. The number of carboxylic acids is 4. The van der Waals surface area contributed by atoms with Crippen LogP contribution in [-0.2, 0) is 57.3 Å². The van der Waals surface area contributed by atoms with Crippen molar-refractivity contribution < 1.29 is 87.9 Å². The highest BCUT2D eigenvalue weighted by Crippen LogP contribution is 2.19. The van der Waals surface area contributed by atoms with Crippen LogP contribution in [-0.4, -0.2) is 116 Å². The number of aliphatic carboxylic acids is 4. The van der Waals surface area contributed by atoms with E-state index in [1.807, 2.05) is 0 Å². The summed E-state index contributed by atoms with van der Waals surface area (Å²) in [5.74, 6) is -12.4. The molecule has 0 rings (SSSR count). The van der Waals surface area contributed by atoms with Crippen LogP contribution in [0.1, 0.15) is 0 Å². The SMILES string of the molecule is O=C(O)C=CC(=O)OC[C@H](OC(=O)C=CC(=O)O)[C@@H](OC(=O)C=CC(=O)O)[C@H](OC(=O)C=CC(=O)O)[C@H](O)CO. The second-order valence-electron chi connectivity index (χ2n) is 6.84. The van der Waals surface area contributed by atoms with Crippen LogP contribution in [0.5, 0.6) is 0 Å². The van der Waals surface area contributed by atoms with Crippen molar-refractivity contribution in [2.75, 3.05) is 13.2 Å². The molecular formula is C22H22O18. The number of hydrogen-bond acceptors (Lipinski definition) is 14. The van der Waals surface area contributed by atoms with Gasteiger partial charge in [-0.2, -0.15) is 0 Å². The number of ether oxygens (including phenoxy) is 4. The summed E-state index contributed by atoms with van der Waals surface area (Å²) >= 11 is 0. The van der Waals surface area contributed by atoms with Crippen LogP contribution in [0.2, 0.25) is 0 Å². The fourth-order valence-electron chi connectivity index (χ4n) is 2.32. The molecule has 0 saturated heterocycles. The average molecular weight is 574 g/mol. The molecule has 0 heterocycles. The molecule has 18 heteroatoms. The first-order chi connectivity index (χ1) is 18.7. The van der Waals surface area contributed by atoms with E-state index in [2.05, 4.69) is 0 Å². The molecule has 18 nitrogen and oxygen atoms in total. The van der Waals surface area contributed by atoms with Crippen LogP contribution in [0.15, 0.2) is 48.6 Å². The summed E-state index contributed by atoms with van der Waals surface area (Å²) in [7, 11) is 0. The van der Waals surface area contributed by atoms with Crippen molar-refractivity contribution in [3.63, 3.8) is 0 Å². The molecule has 0 aliphatic rings. The average Bonchev–Trinajstić information content (AvgIpc) is 2.87. The van der Waals surface area contributed by atoms with Crippen molar-refractivity contribution >= 4 is 47.8 Å². The molecule has 0 amide bonds. The Labute approximate surface area is 222 Å². The molecule has 218 valence electrons. The minimum Gasteiger partial charge on any atom is -0.478 e. The number of rotatable bonds is 17. The van der Waals surface area contributed by atoms with E-state index in [0.29, 0.717) is 42.5 Å². The molecule has 0 aliphatic carbocycles. The van der Waals surface area contributed by atoms with Gasteiger partial charge in [-0.25, -0.2) is 38.4 Å². The van der Waals surface area contributed by atoms with Gasteiger partial charge in [0.05, 0.1) is 6.61 Å². The minimum absolute atomic E-state index is 0.284. The number of carboxylic acid groups (broad SMARTS) is 4. The molecule has 0 aromatic rings. The standard InChI is InChI=1S/C22H22O18/c23-9-11(24)21(39-19(35)7-3-15(29)30)22(40-20(36)8-4-16(31)32)12(38-18(34)6-2-14(27)28)10-37-17(33)5-1-13(25)26/h1-8,11-12,21-24H,9-10H2,(H,25,26)(H,27,28)(H,29,30)(H,31,32)/t11-,12+,21-,22-/m1/s1. The predicted molar refractivity (Wildman–Crippen MR) is 121 cm³/mol. The fourth-order valence-corrected chi connectivity index (χ4v) is 2.32. The second-order valence-corrected chi connectivity index (χ2v) is 6.84. The van der Waals surface area contributed by atoms with E-state index >= 15 is 0 Å². The van der Waals surface area contributed by atoms with E-state index in [-0.39, 0.29) is 6.08 Å². The largest absolute Gasteiger partial charge is 0.478 e. The summed E-state index contributed by atoms with van der Waals surface area (Å²) in [5, 5.41) is 54.3. The molecule has 0 fully saturated rings. The lowest BCUT2D eigenvalue weighted by Crippen LogP contribution is -2.53. The summed E-state index contributed by atoms with van der Waals surface area (Å²) in [6.07, 6.45) is -6.21. The van der Waals surface area contributed by atoms with Crippen molar-refractivity contribution in [1.29, 1.82) is 0 Å². The lowest BCUT2D eigenvalue weighted by Gasteiger charge is -2.33. The molecule has 0 aromatic carbocycles. The van der Waals surface area contributed by atoms with Gasteiger partial charge < -0.3 is 49.6 Å². The van der Waals surface area contributed by atoms with E-state index in [9.17, 15) is 48.6 Å². The third kappa shape index (κ3) is 15.7. The minimum atomic E-state index is -2.27. The van der Waals surface area contributed by atoms with Crippen LogP contribution in [0.25, 0.3) is 0 Å². The highest BCUT2D eigenvalue weighted by molar-refractivity contribution is 5.93. The highest BCUT2D eigenvalue weighted by Gasteiger charge is 2.42. The molecule has 0 radical (unpaired) electrons. The molecule has 0 aliphatic heterocycles. The Morgan fingerprint density at radius 2 is 0.875 bits per heavy atom. The smallest absolute Gasteiger partial charge is 0.331 e. The van der Waals surface area contributed by atoms with Gasteiger partial charge in [-0.05, 0) is 0 Å². The maximum Gasteiger partial charge on any atom is 0.331 e. The van der Waals surface area contributed by atoms with Crippen LogP contribution in [0, 0.1) is 0 Å². The van der Waals surface area contributed by atoms with Gasteiger partial charge in [0, 0.05) is 48.6 Å². The van der Waals surface area contributed by atoms with Crippen LogP contribution in [0.4, 0.5) is 0 Å². The van der Waals surface area contributed by atoms with Gasteiger partial charge in [-0.15, -0.1) is 0 Å². The molecule has 4 atom stereocenters. The first-order valence-electron chi connectivity index (χ1n) is 10.4. The summed E-state index contributed by atoms with van der Waals surface area (Å²) < 4.78 is 19.4. The Morgan fingerprint density at radius 1 is 0.525 bits per heavy atom. The maximum absolute atomic E-state index is 12.2. The zero-order chi connectivity index (χ0) is 30.8.